The number of rotatable bonds is 8. The summed E-state index contributed by atoms with van der Waals surface area (Å²) in [5.41, 5.74) is 2.56. The van der Waals surface area contributed by atoms with E-state index in [0.717, 1.165) is 28.9 Å². The lowest BCUT2D eigenvalue weighted by Gasteiger charge is -2.23. The van der Waals surface area contributed by atoms with Gasteiger partial charge in [0.05, 0.1) is 7.05 Å². The second-order valence-electron chi connectivity index (χ2n) is 8.30. The van der Waals surface area contributed by atoms with Gasteiger partial charge in [-0.05, 0) is 36.6 Å². The summed E-state index contributed by atoms with van der Waals surface area (Å²) in [7, 11) is 3.53. The highest BCUT2D eigenvalue weighted by molar-refractivity contribution is 6.07. The lowest BCUT2D eigenvalue weighted by molar-refractivity contribution is -0.901. The highest BCUT2D eigenvalue weighted by Gasteiger charge is 2.49. The van der Waals surface area contributed by atoms with Crippen molar-refractivity contribution in [3.05, 3.63) is 70.8 Å². The van der Waals surface area contributed by atoms with Crippen LogP contribution >= 0.6 is 0 Å². The van der Waals surface area contributed by atoms with Gasteiger partial charge in [0.25, 0.3) is 11.8 Å². The zero-order chi connectivity index (χ0) is 22.6. The molecule has 4 amide bonds. The van der Waals surface area contributed by atoms with Crippen LogP contribution < -0.4 is 15.5 Å². The number of amides is 4. The minimum atomic E-state index is -1.06. The lowest BCUT2D eigenvalue weighted by Crippen LogP contribution is -3.09. The third-order valence-electron chi connectivity index (χ3n) is 5.72. The molecule has 1 aliphatic heterocycles. The molecular weight excluding hydrogens is 392 g/mol. The van der Waals surface area contributed by atoms with E-state index >= 15 is 0 Å². The van der Waals surface area contributed by atoms with Crippen molar-refractivity contribution >= 4 is 17.8 Å². The molecular formula is C24H31N4O3+. The minimum absolute atomic E-state index is 0.131. The quantitative estimate of drug-likeness (QED) is 0.562. The van der Waals surface area contributed by atoms with E-state index in [1.807, 2.05) is 43.4 Å². The zero-order valence-corrected chi connectivity index (χ0v) is 18.6. The van der Waals surface area contributed by atoms with Crippen molar-refractivity contribution in [2.24, 2.45) is 0 Å². The van der Waals surface area contributed by atoms with Gasteiger partial charge in [0.15, 0.2) is 6.67 Å². The van der Waals surface area contributed by atoms with Gasteiger partial charge in [-0.25, -0.2) is 9.69 Å². The van der Waals surface area contributed by atoms with E-state index in [0.29, 0.717) is 12.1 Å². The molecule has 31 heavy (non-hydrogen) atoms. The summed E-state index contributed by atoms with van der Waals surface area (Å²) in [4.78, 5) is 39.7. The van der Waals surface area contributed by atoms with E-state index in [2.05, 4.69) is 17.6 Å². The Bertz CT molecular complexity index is 956. The molecule has 2 aromatic rings. The first-order valence-corrected chi connectivity index (χ1v) is 10.6. The van der Waals surface area contributed by atoms with Gasteiger partial charge >= 0.3 is 6.03 Å². The van der Waals surface area contributed by atoms with Crippen LogP contribution in [0.5, 0.6) is 0 Å². The summed E-state index contributed by atoms with van der Waals surface area (Å²) in [6.45, 7) is 4.76. The van der Waals surface area contributed by atoms with Gasteiger partial charge in [-0.2, -0.15) is 0 Å². The maximum absolute atomic E-state index is 13.2. The molecule has 1 fully saturated rings. The largest absolute Gasteiger partial charge is 0.355 e. The third-order valence-corrected chi connectivity index (χ3v) is 5.72. The van der Waals surface area contributed by atoms with Crippen molar-refractivity contribution in [2.45, 2.75) is 38.8 Å². The predicted molar refractivity (Wildman–Crippen MR) is 118 cm³/mol. The molecule has 7 heteroatoms. The Morgan fingerprint density at radius 2 is 1.68 bits per heavy atom. The molecule has 1 aliphatic rings. The van der Waals surface area contributed by atoms with Crippen molar-refractivity contribution in [1.82, 2.24) is 15.5 Å². The number of urea groups is 1. The molecule has 7 nitrogen and oxygen atoms in total. The Labute approximate surface area is 183 Å². The number of nitrogens with zero attached hydrogens (tertiary/aromatic N) is 1. The normalized spacial score (nSPS) is 19.3. The van der Waals surface area contributed by atoms with Crippen molar-refractivity contribution in [3.8, 4) is 0 Å². The first-order valence-electron chi connectivity index (χ1n) is 10.6. The Kier molecular flexibility index (Phi) is 6.75. The zero-order valence-electron chi connectivity index (χ0n) is 18.6. The smallest absolute Gasteiger partial charge is 0.329 e. The molecule has 0 aliphatic carbocycles. The van der Waals surface area contributed by atoms with Crippen LogP contribution in [-0.4, -0.2) is 43.5 Å². The van der Waals surface area contributed by atoms with Gasteiger partial charge in [0.1, 0.15) is 12.1 Å². The van der Waals surface area contributed by atoms with Crippen LogP contribution in [0.15, 0.2) is 48.5 Å². The number of imide groups is 1. The SMILES string of the molecule is CCCc1ccc([C@]2(C)NC(=O)N(C[NH+](C)Cc3ccc(C(=O)NC)cc3)C2=O)cc1. The van der Waals surface area contributed by atoms with Gasteiger partial charge in [-0.3, -0.25) is 9.59 Å². The number of aryl methyl sites for hydroxylation is 1. The van der Waals surface area contributed by atoms with E-state index in [1.165, 1.54) is 10.5 Å². The standard InChI is InChI=1S/C24H30N4O3/c1-5-6-17-9-13-20(14-10-17)24(2)22(30)28(23(31)26-24)16-27(4)15-18-7-11-19(12-8-18)21(29)25-3/h7-14H,5-6,15-16H2,1-4H3,(H,25,29)(H,26,31)/p+1/t24-/m0/s1. The van der Waals surface area contributed by atoms with Gasteiger partial charge < -0.3 is 15.5 Å². The summed E-state index contributed by atoms with van der Waals surface area (Å²) >= 11 is 0. The third kappa shape index (κ3) is 4.77. The van der Waals surface area contributed by atoms with Gasteiger partial charge in [0.2, 0.25) is 0 Å². The molecule has 1 heterocycles. The first-order chi connectivity index (χ1) is 14.8. The lowest BCUT2D eigenvalue weighted by atomic mass is 9.91. The fraction of sp³-hybridized carbons (Fsp3) is 0.375. The Balaban J connectivity index is 1.67. The average molecular weight is 424 g/mol. The van der Waals surface area contributed by atoms with Crippen molar-refractivity contribution < 1.29 is 19.3 Å². The molecule has 0 saturated carbocycles. The molecule has 0 aromatic heterocycles. The van der Waals surface area contributed by atoms with Crippen LogP contribution in [0.4, 0.5) is 4.79 Å². The van der Waals surface area contributed by atoms with Crippen molar-refractivity contribution in [2.75, 3.05) is 20.8 Å². The van der Waals surface area contributed by atoms with E-state index in [9.17, 15) is 14.4 Å². The van der Waals surface area contributed by atoms with E-state index in [4.69, 9.17) is 0 Å². The van der Waals surface area contributed by atoms with Crippen LogP contribution in [0.2, 0.25) is 0 Å². The summed E-state index contributed by atoms with van der Waals surface area (Å²) in [6.07, 6.45) is 2.05. The number of nitrogens with one attached hydrogen (secondary N) is 3. The van der Waals surface area contributed by atoms with Crippen molar-refractivity contribution in [1.29, 1.82) is 0 Å². The molecule has 3 rings (SSSR count). The highest BCUT2D eigenvalue weighted by Crippen LogP contribution is 2.28. The van der Waals surface area contributed by atoms with Gasteiger partial charge in [-0.15, -0.1) is 0 Å². The number of carbonyl (C=O) groups is 3. The fourth-order valence-corrected chi connectivity index (χ4v) is 3.92. The fourth-order valence-electron chi connectivity index (χ4n) is 3.92. The first kappa shape index (κ1) is 22.5. The van der Waals surface area contributed by atoms with Crippen LogP contribution in [0, 0.1) is 0 Å². The Hall–Kier alpha value is -3.19. The predicted octanol–water partition coefficient (Wildman–Crippen LogP) is 1.44. The monoisotopic (exact) mass is 423 g/mol. The molecule has 0 radical (unpaired) electrons. The highest BCUT2D eigenvalue weighted by atomic mass is 16.2. The summed E-state index contributed by atoms with van der Waals surface area (Å²) < 4.78 is 0. The van der Waals surface area contributed by atoms with Crippen molar-refractivity contribution in [3.63, 3.8) is 0 Å². The summed E-state index contributed by atoms with van der Waals surface area (Å²) in [6, 6.07) is 14.8. The van der Waals surface area contributed by atoms with Crippen LogP contribution in [0.25, 0.3) is 0 Å². The molecule has 0 spiro atoms. The number of carbonyl (C=O) groups excluding carboxylic acids is 3. The average Bonchev–Trinajstić information content (AvgIpc) is 2.98. The van der Waals surface area contributed by atoms with E-state index < -0.39 is 5.54 Å². The number of hydrogen-bond acceptors (Lipinski definition) is 3. The molecule has 2 atom stereocenters. The Morgan fingerprint density at radius 3 is 2.26 bits per heavy atom. The molecule has 1 unspecified atom stereocenters. The van der Waals surface area contributed by atoms with E-state index in [1.54, 1.807) is 26.1 Å². The maximum Gasteiger partial charge on any atom is 0.329 e. The number of hydrogen-bond donors (Lipinski definition) is 3. The molecule has 0 bridgehead atoms. The summed E-state index contributed by atoms with van der Waals surface area (Å²) in [5.74, 6) is -0.372. The maximum atomic E-state index is 13.2. The second kappa shape index (κ2) is 9.31. The van der Waals surface area contributed by atoms with Gasteiger partial charge in [0, 0.05) is 18.2 Å². The van der Waals surface area contributed by atoms with Crippen LogP contribution in [0.3, 0.4) is 0 Å². The summed E-state index contributed by atoms with van der Waals surface area (Å²) in [5, 5.41) is 5.47. The second-order valence-corrected chi connectivity index (χ2v) is 8.30. The minimum Gasteiger partial charge on any atom is -0.355 e. The van der Waals surface area contributed by atoms with Gasteiger partial charge in [-0.1, -0.05) is 49.7 Å². The topological polar surface area (TPSA) is 82.9 Å². The molecule has 1 saturated heterocycles. The molecule has 2 aromatic carbocycles. The van der Waals surface area contributed by atoms with Crippen LogP contribution in [-0.2, 0) is 23.3 Å². The number of benzene rings is 2. The number of quaternary nitrogens is 1. The van der Waals surface area contributed by atoms with Crippen LogP contribution in [0.1, 0.15) is 47.3 Å². The molecule has 164 valence electrons. The van der Waals surface area contributed by atoms with E-state index in [-0.39, 0.29) is 24.5 Å². The molecule has 3 N–H and O–H groups in total. The Morgan fingerprint density at radius 1 is 1.06 bits per heavy atom.